The lowest BCUT2D eigenvalue weighted by Crippen LogP contribution is -2.49. The monoisotopic (exact) mass is 501 g/mol. The van der Waals surface area contributed by atoms with Crippen molar-refractivity contribution in [3.63, 3.8) is 0 Å². The van der Waals surface area contributed by atoms with Crippen LogP contribution in [0.15, 0.2) is 35.3 Å². The Morgan fingerprint density at radius 3 is 2.32 bits per heavy atom. The molecule has 6 nitrogen and oxygen atoms in total. The second-order valence-corrected chi connectivity index (χ2v) is 7.39. The zero-order chi connectivity index (χ0) is 19.6. The molecule has 1 aromatic carbocycles. The number of para-hydroxylation sites is 1. The molecule has 1 amide bonds. The van der Waals surface area contributed by atoms with E-state index in [1.165, 1.54) is 5.69 Å². The van der Waals surface area contributed by atoms with Crippen LogP contribution >= 0.6 is 24.0 Å². The molecule has 1 aliphatic heterocycles. The van der Waals surface area contributed by atoms with E-state index in [2.05, 4.69) is 72.5 Å². The molecule has 1 fully saturated rings. The number of hydrogen-bond acceptors (Lipinski definition) is 3. The van der Waals surface area contributed by atoms with Gasteiger partial charge in [0.05, 0.1) is 6.54 Å². The Kier molecular flexibility index (Phi) is 11.3. The summed E-state index contributed by atoms with van der Waals surface area (Å²) in [4.78, 5) is 21.4. The number of anilines is 1. The van der Waals surface area contributed by atoms with E-state index in [1.54, 1.807) is 0 Å². The topological polar surface area (TPSA) is 60.0 Å². The molecule has 0 spiro atoms. The van der Waals surface area contributed by atoms with Crippen LogP contribution < -0.4 is 15.5 Å². The maximum Gasteiger partial charge on any atom is 0.224 e. The predicted molar refractivity (Wildman–Crippen MR) is 129 cm³/mol. The molecule has 1 aromatic rings. The SMILES string of the molecule is CCNC(=NCCC(=O)N1CCN(c2ccccc2)CC1)NC(C)C(C)C.I. The number of amides is 1. The molecule has 0 bridgehead atoms. The van der Waals surface area contributed by atoms with E-state index < -0.39 is 0 Å². The van der Waals surface area contributed by atoms with Gasteiger partial charge in [0.25, 0.3) is 0 Å². The molecule has 158 valence electrons. The van der Waals surface area contributed by atoms with E-state index in [4.69, 9.17) is 0 Å². The van der Waals surface area contributed by atoms with E-state index >= 15 is 0 Å². The molecular formula is C21H36IN5O. The third-order valence-electron chi connectivity index (χ3n) is 5.06. The Morgan fingerprint density at radius 1 is 1.11 bits per heavy atom. The van der Waals surface area contributed by atoms with E-state index in [0.29, 0.717) is 24.9 Å². The van der Waals surface area contributed by atoms with Crippen LogP contribution in [0.5, 0.6) is 0 Å². The Bertz CT molecular complexity index is 600. The molecule has 0 aromatic heterocycles. The minimum absolute atomic E-state index is 0. The van der Waals surface area contributed by atoms with Gasteiger partial charge < -0.3 is 20.4 Å². The molecule has 0 saturated carbocycles. The van der Waals surface area contributed by atoms with E-state index in [1.807, 2.05) is 11.0 Å². The minimum atomic E-state index is 0. The Balaban J connectivity index is 0.00000392. The zero-order valence-electron chi connectivity index (χ0n) is 17.6. The van der Waals surface area contributed by atoms with Crippen molar-refractivity contribution in [3.05, 3.63) is 30.3 Å². The highest BCUT2D eigenvalue weighted by atomic mass is 127. The number of aliphatic imine (C=N–C) groups is 1. The second-order valence-electron chi connectivity index (χ2n) is 7.39. The first-order chi connectivity index (χ1) is 13.0. The summed E-state index contributed by atoms with van der Waals surface area (Å²) in [5, 5.41) is 6.65. The van der Waals surface area contributed by atoms with Crippen LogP contribution in [0.3, 0.4) is 0 Å². The van der Waals surface area contributed by atoms with Gasteiger partial charge in [-0.2, -0.15) is 0 Å². The van der Waals surface area contributed by atoms with Crippen molar-refractivity contribution in [1.82, 2.24) is 15.5 Å². The molecule has 0 radical (unpaired) electrons. The van der Waals surface area contributed by atoms with Crippen LogP contribution in [0.2, 0.25) is 0 Å². The second kappa shape index (κ2) is 12.9. The lowest BCUT2D eigenvalue weighted by molar-refractivity contribution is -0.131. The maximum atomic E-state index is 12.5. The van der Waals surface area contributed by atoms with Gasteiger partial charge in [0.1, 0.15) is 0 Å². The van der Waals surface area contributed by atoms with Crippen molar-refractivity contribution in [2.24, 2.45) is 10.9 Å². The van der Waals surface area contributed by atoms with Crippen molar-refractivity contribution >= 4 is 41.5 Å². The summed E-state index contributed by atoms with van der Waals surface area (Å²) >= 11 is 0. The number of rotatable bonds is 7. The zero-order valence-corrected chi connectivity index (χ0v) is 20.0. The molecule has 1 saturated heterocycles. The molecule has 7 heteroatoms. The third-order valence-corrected chi connectivity index (χ3v) is 5.06. The van der Waals surface area contributed by atoms with E-state index in [9.17, 15) is 4.79 Å². The predicted octanol–water partition coefficient (Wildman–Crippen LogP) is 2.94. The summed E-state index contributed by atoms with van der Waals surface area (Å²) in [5.74, 6) is 1.51. The van der Waals surface area contributed by atoms with Crippen LogP contribution in [0.25, 0.3) is 0 Å². The molecule has 1 aliphatic rings. The number of carbonyl (C=O) groups is 1. The first kappa shape index (κ1) is 24.5. The molecule has 1 heterocycles. The summed E-state index contributed by atoms with van der Waals surface area (Å²) in [6.45, 7) is 13.2. The van der Waals surface area contributed by atoms with Gasteiger partial charge in [-0.15, -0.1) is 24.0 Å². The number of guanidine groups is 1. The highest BCUT2D eigenvalue weighted by Gasteiger charge is 2.20. The minimum Gasteiger partial charge on any atom is -0.368 e. The number of nitrogens with one attached hydrogen (secondary N) is 2. The van der Waals surface area contributed by atoms with Gasteiger partial charge >= 0.3 is 0 Å². The van der Waals surface area contributed by atoms with Gasteiger partial charge in [0, 0.05) is 50.9 Å². The van der Waals surface area contributed by atoms with Crippen molar-refractivity contribution in [3.8, 4) is 0 Å². The first-order valence-corrected chi connectivity index (χ1v) is 10.1. The smallest absolute Gasteiger partial charge is 0.224 e. The van der Waals surface area contributed by atoms with E-state index in [0.717, 1.165) is 38.7 Å². The summed E-state index contributed by atoms with van der Waals surface area (Å²) in [6, 6.07) is 10.7. The molecule has 28 heavy (non-hydrogen) atoms. The lowest BCUT2D eigenvalue weighted by Gasteiger charge is -2.36. The average Bonchev–Trinajstić information content (AvgIpc) is 2.68. The maximum absolute atomic E-state index is 12.5. The van der Waals surface area contributed by atoms with Crippen LogP contribution in [-0.2, 0) is 4.79 Å². The number of carbonyl (C=O) groups excluding carboxylic acids is 1. The number of halogens is 1. The van der Waals surface area contributed by atoms with Crippen LogP contribution in [0, 0.1) is 5.92 Å². The van der Waals surface area contributed by atoms with Gasteiger partial charge in [-0.05, 0) is 31.9 Å². The fourth-order valence-electron chi connectivity index (χ4n) is 2.98. The average molecular weight is 501 g/mol. The summed E-state index contributed by atoms with van der Waals surface area (Å²) in [6.07, 6.45) is 0.456. The van der Waals surface area contributed by atoms with Crippen molar-refractivity contribution in [2.45, 2.75) is 40.2 Å². The fraction of sp³-hybridized carbons (Fsp3) is 0.619. The Morgan fingerprint density at radius 2 is 1.75 bits per heavy atom. The number of piperazine rings is 1. The Hall–Kier alpha value is -1.51. The summed E-state index contributed by atoms with van der Waals surface area (Å²) in [5.41, 5.74) is 1.23. The van der Waals surface area contributed by atoms with Crippen LogP contribution in [0.1, 0.15) is 34.1 Å². The molecule has 2 rings (SSSR count). The summed E-state index contributed by atoms with van der Waals surface area (Å²) < 4.78 is 0. The molecule has 1 atom stereocenters. The standard InChI is InChI=1S/C21H35N5O.HI/c1-5-22-21(24-18(4)17(2)3)23-12-11-20(27)26-15-13-25(14-16-26)19-9-7-6-8-10-19;/h6-10,17-18H,5,11-16H2,1-4H3,(H2,22,23,24);1H. The van der Waals surface area contributed by atoms with Gasteiger partial charge in [-0.1, -0.05) is 32.0 Å². The Labute approximate surface area is 187 Å². The normalized spacial score (nSPS) is 15.8. The van der Waals surface area contributed by atoms with E-state index in [-0.39, 0.29) is 29.9 Å². The summed E-state index contributed by atoms with van der Waals surface area (Å²) in [7, 11) is 0. The fourth-order valence-corrected chi connectivity index (χ4v) is 2.98. The number of hydrogen-bond donors (Lipinski definition) is 2. The van der Waals surface area contributed by atoms with Gasteiger partial charge in [0.2, 0.25) is 5.91 Å². The van der Waals surface area contributed by atoms with Crippen molar-refractivity contribution in [1.29, 1.82) is 0 Å². The highest BCUT2D eigenvalue weighted by molar-refractivity contribution is 14.0. The lowest BCUT2D eigenvalue weighted by atomic mass is 10.1. The highest BCUT2D eigenvalue weighted by Crippen LogP contribution is 2.15. The molecular weight excluding hydrogens is 465 g/mol. The largest absolute Gasteiger partial charge is 0.368 e. The van der Waals surface area contributed by atoms with Gasteiger partial charge in [-0.25, -0.2) is 0 Å². The van der Waals surface area contributed by atoms with Gasteiger partial charge in [-0.3, -0.25) is 9.79 Å². The third kappa shape index (κ3) is 7.85. The van der Waals surface area contributed by atoms with Gasteiger partial charge in [0.15, 0.2) is 5.96 Å². The van der Waals surface area contributed by atoms with Crippen LogP contribution in [0.4, 0.5) is 5.69 Å². The van der Waals surface area contributed by atoms with Crippen molar-refractivity contribution < 1.29 is 4.79 Å². The van der Waals surface area contributed by atoms with Crippen molar-refractivity contribution in [2.75, 3.05) is 44.2 Å². The molecule has 1 unspecified atom stereocenters. The molecule has 0 aliphatic carbocycles. The quantitative estimate of drug-likeness (QED) is 0.343. The number of benzene rings is 1. The number of nitrogens with zero attached hydrogens (tertiary/aromatic N) is 3. The van der Waals surface area contributed by atoms with Crippen LogP contribution in [-0.4, -0.2) is 62.1 Å². The first-order valence-electron chi connectivity index (χ1n) is 10.1. The molecule has 2 N–H and O–H groups in total.